The van der Waals surface area contributed by atoms with Crippen LogP contribution in [0.15, 0.2) is 18.2 Å². The van der Waals surface area contributed by atoms with Crippen LogP contribution in [0.2, 0.25) is 0 Å². The summed E-state index contributed by atoms with van der Waals surface area (Å²) in [7, 11) is 0. The molecule has 5 nitrogen and oxygen atoms in total. The number of aryl methyl sites for hydroxylation is 1. The highest BCUT2D eigenvalue weighted by molar-refractivity contribution is 5.98. The lowest BCUT2D eigenvalue weighted by molar-refractivity contribution is -0.120. The largest absolute Gasteiger partial charge is 0.384 e. The minimum absolute atomic E-state index is 0.0569. The van der Waals surface area contributed by atoms with Crippen LogP contribution in [-0.2, 0) is 4.79 Å². The molecule has 0 heterocycles. The Labute approximate surface area is 118 Å². The minimum Gasteiger partial charge on any atom is -0.384 e. The maximum absolute atomic E-state index is 12.0. The van der Waals surface area contributed by atoms with Crippen molar-refractivity contribution in [1.82, 2.24) is 10.6 Å². The second-order valence-electron chi connectivity index (χ2n) is 4.13. The molecular weight excluding hydrogens is 256 g/mol. The SMILES string of the molecule is CCNC(=O)CNC(=O)c1cc(C#CCO)ccc1C. The maximum Gasteiger partial charge on any atom is 0.252 e. The Kier molecular flexibility index (Phi) is 6.27. The summed E-state index contributed by atoms with van der Waals surface area (Å²) >= 11 is 0. The number of hydrogen-bond acceptors (Lipinski definition) is 3. The van der Waals surface area contributed by atoms with Crippen LogP contribution < -0.4 is 10.6 Å². The van der Waals surface area contributed by atoms with Gasteiger partial charge < -0.3 is 15.7 Å². The molecule has 0 aromatic heterocycles. The number of carbonyl (C=O) groups is 2. The van der Waals surface area contributed by atoms with Gasteiger partial charge >= 0.3 is 0 Å². The van der Waals surface area contributed by atoms with E-state index < -0.39 is 0 Å². The van der Waals surface area contributed by atoms with Gasteiger partial charge in [0.1, 0.15) is 6.61 Å². The lowest BCUT2D eigenvalue weighted by atomic mass is 10.0. The molecule has 0 fully saturated rings. The second-order valence-corrected chi connectivity index (χ2v) is 4.13. The van der Waals surface area contributed by atoms with Crippen LogP contribution in [0, 0.1) is 18.8 Å². The molecule has 0 saturated heterocycles. The van der Waals surface area contributed by atoms with Gasteiger partial charge in [-0.3, -0.25) is 9.59 Å². The smallest absolute Gasteiger partial charge is 0.252 e. The predicted octanol–water partition coefficient (Wildman–Crippen LogP) is 0.205. The molecule has 106 valence electrons. The molecule has 3 N–H and O–H groups in total. The molecule has 0 spiro atoms. The predicted molar refractivity (Wildman–Crippen MR) is 76.2 cm³/mol. The Balaban J connectivity index is 2.79. The molecule has 20 heavy (non-hydrogen) atoms. The number of carbonyl (C=O) groups excluding carboxylic acids is 2. The molecule has 5 heteroatoms. The van der Waals surface area contributed by atoms with Crippen molar-refractivity contribution in [1.29, 1.82) is 0 Å². The first-order valence-corrected chi connectivity index (χ1v) is 6.33. The summed E-state index contributed by atoms with van der Waals surface area (Å²) in [6.07, 6.45) is 0. The molecule has 0 atom stereocenters. The summed E-state index contributed by atoms with van der Waals surface area (Å²) in [5.74, 6) is 4.72. The Morgan fingerprint density at radius 2 is 2.05 bits per heavy atom. The van der Waals surface area contributed by atoms with Crippen LogP contribution >= 0.6 is 0 Å². The van der Waals surface area contributed by atoms with Gasteiger partial charge in [-0.2, -0.15) is 0 Å². The fourth-order valence-electron chi connectivity index (χ4n) is 1.60. The third-order valence-electron chi connectivity index (χ3n) is 2.58. The number of rotatable bonds is 4. The molecule has 0 saturated carbocycles. The molecule has 0 radical (unpaired) electrons. The van der Waals surface area contributed by atoms with Gasteiger partial charge in [0.05, 0.1) is 6.54 Å². The number of aliphatic hydroxyl groups is 1. The third kappa shape index (κ3) is 4.75. The molecule has 0 unspecified atom stereocenters. The minimum atomic E-state index is -0.318. The van der Waals surface area contributed by atoms with E-state index in [9.17, 15) is 9.59 Å². The fourth-order valence-corrected chi connectivity index (χ4v) is 1.60. The Morgan fingerprint density at radius 3 is 2.70 bits per heavy atom. The van der Waals surface area contributed by atoms with E-state index in [2.05, 4.69) is 22.5 Å². The van der Waals surface area contributed by atoms with Gasteiger partial charge in [-0.1, -0.05) is 17.9 Å². The summed E-state index contributed by atoms with van der Waals surface area (Å²) in [5, 5.41) is 13.8. The van der Waals surface area contributed by atoms with Crippen molar-refractivity contribution in [3.8, 4) is 11.8 Å². The van der Waals surface area contributed by atoms with Crippen molar-refractivity contribution in [2.24, 2.45) is 0 Å². The molecule has 1 rings (SSSR count). The van der Waals surface area contributed by atoms with E-state index in [-0.39, 0.29) is 25.0 Å². The van der Waals surface area contributed by atoms with Gasteiger partial charge in [-0.15, -0.1) is 0 Å². The van der Waals surface area contributed by atoms with Gasteiger partial charge in [0, 0.05) is 17.7 Å². The number of amides is 2. The van der Waals surface area contributed by atoms with Crippen molar-refractivity contribution in [2.45, 2.75) is 13.8 Å². The monoisotopic (exact) mass is 274 g/mol. The third-order valence-corrected chi connectivity index (χ3v) is 2.58. The second kappa shape index (κ2) is 7.97. The molecule has 0 aliphatic rings. The van der Waals surface area contributed by atoms with E-state index >= 15 is 0 Å². The molecule has 1 aromatic carbocycles. The molecular formula is C15H18N2O3. The average molecular weight is 274 g/mol. The molecule has 0 bridgehead atoms. The van der Waals surface area contributed by atoms with Crippen molar-refractivity contribution < 1.29 is 14.7 Å². The molecule has 0 aliphatic carbocycles. The first kappa shape index (κ1) is 15.7. The molecule has 0 aliphatic heterocycles. The Morgan fingerprint density at radius 1 is 1.30 bits per heavy atom. The van der Waals surface area contributed by atoms with Crippen LogP contribution in [0.25, 0.3) is 0 Å². The van der Waals surface area contributed by atoms with Gasteiger partial charge in [-0.05, 0) is 31.5 Å². The van der Waals surface area contributed by atoms with Gasteiger partial charge in [-0.25, -0.2) is 0 Å². The average Bonchev–Trinajstić information content (AvgIpc) is 2.44. The van der Waals surface area contributed by atoms with Crippen LogP contribution in [0.5, 0.6) is 0 Å². The normalized spacial score (nSPS) is 9.35. The van der Waals surface area contributed by atoms with E-state index in [0.29, 0.717) is 17.7 Å². The number of hydrogen-bond donors (Lipinski definition) is 3. The first-order valence-electron chi connectivity index (χ1n) is 6.33. The van der Waals surface area contributed by atoms with Crippen LogP contribution in [-0.4, -0.2) is 36.6 Å². The van der Waals surface area contributed by atoms with E-state index in [1.165, 1.54) is 0 Å². The zero-order valence-electron chi connectivity index (χ0n) is 11.6. The summed E-state index contributed by atoms with van der Waals surface area (Å²) in [4.78, 5) is 23.3. The van der Waals surface area contributed by atoms with Crippen molar-refractivity contribution >= 4 is 11.8 Å². The van der Waals surface area contributed by atoms with Crippen molar-refractivity contribution in [3.63, 3.8) is 0 Å². The van der Waals surface area contributed by atoms with E-state index in [0.717, 1.165) is 5.56 Å². The summed E-state index contributed by atoms with van der Waals surface area (Å²) < 4.78 is 0. The number of nitrogens with one attached hydrogen (secondary N) is 2. The highest BCUT2D eigenvalue weighted by Crippen LogP contribution is 2.10. The van der Waals surface area contributed by atoms with Gasteiger partial charge in [0.2, 0.25) is 5.91 Å². The van der Waals surface area contributed by atoms with Crippen LogP contribution in [0.3, 0.4) is 0 Å². The van der Waals surface area contributed by atoms with Crippen LogP contribution in [0.1, 0.15) is 28.4 Å². The lowest BCUT2D eigenvalue weighted by Crippen LogP contribution is -2.37. The number of benzene rings is 1. The summed E-state index contributed by atoms with van der Waals surface area (Å²) in [6, 6.07) is 5.20. The van der Waals surface area contributed by atoms with E-state index in [1.54, 1.807) is 18.2 Å². The summed E-state index contributed by atoms with van der Waals surface area (Å²) in [5.41, 5.74) is 1.92. The standard InChI is InChI=1S/C15H18N2O3/c1-3-16-14(19)10-17-15(20)13-9-12(5-4-8-18)7-6-11(13)2/h6-7,9,18H,3,8,10H2,1-2H3,(H,16,19)(H,17,20). The van der Waals surface area contributed by atoms with Gasteiger partial charge in [0.25, 0.3) is 5.91 Å². The molecule has 1 aromatic rings. The van der Waals surface area contributed by atoms with Crippen LogP contribution in [0.4, 0.5) is 0 Å². The Hall–Kier alpha value is -2.32. The highest BCUT2D eigenvalue weighted by Gasteiger charge is 2.10. The first-order chi connectivity index (χ1) is 9.58. The topological polar surface area (TPSA) is 78.4 Å². The maximum atomic E-state index is 12.0. The van der Waals surface area contributed by atoms with E-state index in [1.807, 2.05) is 13.8 Å². The Bertz CT molecular complexity index is 556. The van der Waals surface area contributed by atoms with Crippen molar-refractivity contribution in [2.75, 3.05) is 19.7 Å². The molecule has 2 amide bonds. The highest BCUT2D eigenvalue weighted by atomic mass is 16.2. The zero-order chi connectivity index (χ0) is 15.0. The number of likely N-dealkylation sites (N-methyl/N-ethyl adjacent to an activating group) is 1. The van der Waals surface area contributed by atoms with Crippen molar-refractivity contribution in [3.05, 3.63) is 34.9 Å². The van der Waals surface area contributed by atoms with Gasteiger partial charge in [0.15, 0.2) is 0 Å². The zero-order valence-corrected chi connectivity index (χ0v) is 11.6. The van der Waals surface area contributed by atoms with E-state index in [4.69, 9.17) is 5.11 Å². The summed E-state index contributed by atoms with van der Waals surface area (Å²) in [6.45, 7) is 3.86. The quantitative estimate of drug-likeness (QED) is 0.687. The lowest BCUT2D eigenvalue weighted by Gasteiger charge is -2.08. The number of aliphatic hydroxyl groups excluding tert-OH is 1. The fraction of sp³-hybridized carbons (Fsp3) is 0.333.